The summed E-state index contributed by atoms with van der Waals surface area (Å²) < 4.78 is 25.6. The molecule has 0 unspecified atom stereocenters. The average Bonchev–Trinajstić information content (AvgIpc) is 3.14. The zero-order chi connectivity index (χ0) is 24.1. The summed E-state index contributed by atoms with van der Waals surface area (Å²) in [5.41, 5.74) is 2.28. The van der Waals surface area contributed by atoms with Crippen LogP contribution in [0.15, 0.2) is 75.0 Å². The van der Waals surface area contributed by atoms with Crippen molar-refractivity contribution in [3.05, 3.63) is 92.0 Å². The molecule has 3 aromatic carbocycles. The summed E-state index contributed by atoms with van der Waals surface area (Å²) >= 11 is 10.7. The topological polar surface area (TPSA) is 59.9 Å². The SMILES string of the molecule is CCOc1cc(/C=C2/SC(=Nc3ccc(F)cc3)NC2=O)cc(Br)c1OCc1ccc(Cl)cc1. The molecule has 34 heavy (non-hydrogen) atoms. The minimum absolute atomic E-state index is 0.261. The van der Waals surface area contributed by atoms with E-state index in [1.165, 1.54) is 23.9 Å². The van der Waals surface area contributed by atoms with Gasteiger partial charge in [-0.1, -0.05) is 23.7 Å². The van der Waals surface area contributed by atoms with Crippen LogP contribution in [0.1, 0.15) is 18.1 Å². The maximum atomic E-state index is 13.1. The summed E-state index contributed by atoms with van der Waals surface area (Å²) in [6.07, 6.45) is 1.75. The van der Waals surface area contributed by atoms with Crippen molar-refractivity contribution in [2.45, 2.75) is 13.5 Å². The van der Waals surface area contributed by atoms with Crippen LogP contribution in [0.5, 0.6) is 11.5 Å². The molecule has 1 saturated heterocycles. The van der Waals surface area contributed by atoms with E-state index < -0.39 is 0 Å². The molecular weight excluding hydrogens is 543 g/mol. The second kappa shape index (κ2) is 11.1. The van der Waals surface area contributed by atoms with Crippen LogP contribution in [0.4, 0.5) is 10.1 Å². The Morgan fingerprint density at radius 1 is 1.12 bits per heavy atom. The molecule has 174 valence electrons. The first-order chi connectivity index (χ1) is 16.4. The zero-order valence-corrected chi connectivity index (χ0v) is 21.1. The molecule has 3 aromatic rings. The third-order valence-corrected chi connectivity index (χ3v) is 6.38. The maximum Gasteiger partial charge on any atom is 0.264 e. The molecule has 0 radical (unpaired) electrons. The molecule has 1 aliphatic rings. The minimum atomic E-state index is -0.344. The van der Waals surface area contributed by atoms with Gasteiger partial charge in [-0.15, -0.1) is 0 Å². The number of carbonyl (C=O) groups excluding carboxylic acids is 1. The van der Waals surface area contributed by atoms with E-state index in [0.717, 1.165) is 11.1 Å². The average molecular weight is 562 g/mol. The van der Waals surface area contributed by atoms with Crippen molar-refractivity contribution in [2.24, 2.45) is 4.99 Å². The van der Waals surface area contributed by atoms with E-state index in [-0.39, 0.29) is 11.7 Å². The lowest BCUT2D eigenvalue weighted by Crippen LogP contribution is -2.19. The third-order valence-electron chi connectivity index (χ3n) is 4.63. The van der Waals surface area contributed by atoms with Crippen molar-refractivity contribution < 1.29 is 18.7 Å². The van der Waals surface area contributed by atoms with Gasteiger partial charge in [-0.05, 0) is 100 Å². The van der Waals surface area contributed by atoms with E-state index in [1.54, 1.807) is 18.2 Å². The summed E-state index contributed by atoms with van der Waals surface area (Å²) in [6, 6.07) is 16.8. The first-order valence-corrected chi connectivity index (χ1v) is 12.3. The Hall–Kier alpha value is -2.81. The van der Waals surface area contributed by atoms with Gasteiger partial charge in [0.2, 0.25) is 0 Å². The number of hydrogen-bond acceptors (Lipinski definition) is 5. The van der Waals surface area contributed by atoms with Crippen LogP contribution in [-0.4, -0.2) is 17.7 Å². The van der Waals surface area contributed by atoms with Crippen LogP contribution in [-0.2, 0) is 11.4 Å². The van der Waals surface area contributed by atoms with Gasteiger partial charge in [0.05, 0.1) is 21.7 Å². The number of ether oxygens (including phenoxy) is 2. The lowest BCUT2D eigenvalue weighted by Gasteiger charge is -2.15. The van der Waals surface area contributed by atoms with Crippen molar-refractivity contribution in [1.82, 2.24) is 5.32 Å². The second-order valence-corrected chi connectivity index (χ2v) is 9.46. The summed E-state index contributed by atoms with van der Waals surface area (Å²) in [7, 11) is 0. The van der Waals surface area contributed by atoms with Crippen LogP contribution >= 0.6 is 39.3 Å². The van der Waals surface area contributed by atoms with Gasteiger partial charge in [0.15, 0.2) is 16.7 Å². The smallest absolute Gasteiger partial charge is 0.264 e. The van der Waals surface area contributed by atoms with Crippen LogP contribution in [0.3, 0.4) is 0 Å². The number of nitrogens with zero attached hydrogens (tertiary/aromatic N) is 1. The summed E-state index contributed by atoms with van der Waals surface area (Å²) in [4.78, 5) is 17.3. The van der Waals surface area contributed by atoms with Crippen LogP contribution < -0.4 is 14.8 Å². The lowest BCUT2D eigenvalue weighted by atomic mass is 10.1. The van der Waals surface area contributed by atoms with Crippen molar-refractivity contribution in [2.75, 3.05) is 6.61 Å². The van der Waals surface area contributed by atoms with Crippen molar-refractivity contribution in [3.8, 4) is 11.5 Å². The number of amides is 1. The number of thioether (sulfide) groups is 1. The fourth-order valence-corrected chi connectivity index (χ4v) is 4.62. The fourth-order valence-electron chi connectivity index (χ4n) is 3.08. The van der Waals surface area contributed by atoms with Crippen molar-refractivity contribution in [1.29, 1.82) is 0 Å². The van der Waals surface area contributed by atoms with Gasteiger partial charge in [-0.2, -0.15) is 0 Å². The highest BCUT2D eigenvalue weighted by Gasteiger charge is 2.24. The molecule has 0 aliphatic carbocycles. The summed E-state index contributed by atoms with van der Waals surface area (Å²) in [5.74, 6) is 0.522. The quantitative estimate of drug-likeness (QED) is 0.312. The van der Waals surface area contributed by atoms with Gasteiger partial charge in [0.25, 0.3) is 5.91 Å². The predicted octanol–water partition coefficient (Wildman–Crippen LogP) is 7.11. The lowest BCUT2D eigenvalue weighted by molar-refractivity contribution is -0.115. The first kappa shape index (κ1) is 24.3. The van der Waals surface area contributed by atoms with E-state index in [1.807, 2.05) is 43.3 Å². The number of benzene rings is 3. The highest BCUT2D eigenvalue weighted by molar-refractivity contribution is 9.10. The number of halogens is 3. The summed E-state index contributed by atoms with van der Waals surface area (Å²) in [6.45, 7) is 2.69. The van der Waals surface area contributed by atoms with Crippen LogP contribution in [0.2, 0.25) is 5.02 Å². The van der Waals surface area contributed by atoms with Gasteiger partial charge in [-0.3, -0.25) is 4.79 Å². The van der Waals surface area contributed by atoms with E-state index >= 15 is 0 Å². The Bertz CT molecular complexity index is 1260. The molecule has 4 rings (SSSR count). The molecular formula is C25H19BrClFN2O3S. The Morgan fingerprint density at radius 2 is 1.85 bits per heavy atom. The first-order valence-electron chi connectivity index (χ1n) is 10.3. The molecule has 5 nitrogen and oxygen atoms in total. The molecule has 0 atom stereocenters. The Balaban J connectivity index is 1.54. The normalized spacial score (nSPS) is 15.6. The number of aliphatic imine (C=N–C) groups is 1. The monoisotopic (exact) mass is 560 g/mol. The number of nitrogens with one attached hydrogen (secondary N) is 1. The van der Waals surface area contributed by atoms with Crippen molar-refractivity contribution >= 4 is 62.1 Å². The molecule has 1 N–H and O–H groups in total. The number of carbonyl (C=O) groups is 1. The molecule has 9 heteroatoms. The summed E-state index contributed by atoms with van der Waals surface area (Å²) in [5, 5.41) is 3.82. The molecule has 1 fully saturated rings. The highest BCUT2D eigenvalue weighted by atomic mass is 79.9. The molecule has 0 bridgehead atoms. The third kappa shape index (κ3) is 6.20. The molecule has 0 saturated carbocycles. The molecule has 1 aliphatic heterocycles. The largest absolute Gasteiger partial charge is 0.490 e. The van der Waals surface area contributed by atoms with E-state index in [4.69, 9.17) is 21.1 Å². The van der Waals surface area contributed by atoms with E-state index in [2.05, 4.69) is 26.2 Å². The molecule has 0 spiro atoms. The van der Waals surface area contributed by atoms with Crippen molar-refractivity contribution in [3.63, 3.8) is 0 Å². The number of hydrogen-bond donors (Lipinski definition) is 1. The predicted molar refractivity (Wildman–Crippen MR) is 138 cm³/mol. The van der Waals surface area contributed by atoms with Gasteiger partial charge in [-0.25, -0.2) is 9.38 Å². The van der Waals surface area contributed by atoms with Crippen LogP contribution in [0, 0.1) is 5.82 Å². The molecule has 0 aromatic heterocycles. The van der Waals surface area contributed by atoms with E-state index in [9.17, 15) is 9.18 Å². The minimum Gasteiger partial charge on any atom is -0.490 e. The highest BCUT2D eigenvalue weighted by Crippen LogP contribution is 2.39. The molecule has 1 heterocycles. The van der Waals surface area contributed by atoms with Gasteiger partial charge in [0.1, 0.15) is 12.4 Å². The Kier molecular flexibility index (Phi) is 7.92. The van der Waals surface area contributed by atoms with Crippen LogP contribution in [0.25, 0.3) is 6.08 Å². The Labute approximate surface area is 214 Å². The van der Waals surface area contributed by atoms with Gasteiger partial charge < -0.3 is 14.8 Å². The molecule has 1 amide bonds. The zero-order valence-electron chi connectivity index (χ0n) is 18.0. The fraction of sp³-hybridized carbons (Fsp3) is 0.120. The van der Waals surface area contributed by atoms with Gasteiger partial charge >= 0.3 is 0 Å². The standard InChI is InChI=1S/C25H19BrClFN2O3S/c1-2-32-21-12-16(11-20(26)23(21)33-14-15-3-5-17(27)6-4-15)13-22-24(31)30-25(34-22)29-19-9-7-18(28)8-10-19/h3-13H,2,14H2,1H3,(H,29,30,31)/b22-13+. The Morgan fingerprint density at radius 3 is 2.56 bits per heavy atom. The maximum absolute atomic E-state index is 13.1. The second-order valence-electron chi connectivity index (χ2n) is 7.14. The van der Waals surface area contributed by atoms with Gasteiger partial charge in [0, 0.05) is 5.02 Å². The number of amidine groups is 1. The van der Waals surface area contributed by atoms with E-state index in [0.29, 0.717) is 50.0 Å². The number of rotatable bonds is 7.